The van der Waals surface area contributed by atoms with Crippen LogP contribution >= 0.6 is 0 Å². The van der Waals surface area contributed by atoms with Crippen LogP contribution in [-0.2, 0) is 37.5 Å². The number of nitrogens with one attached hydrogen (secondary N) is 3. The zero-order valence-electron chi connectivity index (χ0n) is 25.2. The standard InChI is InChI=1S/C32H37N7O4/c1-6-19-9-8-10-20(7-2)26(19)36-31(41)28-23-13-11-22-18-34-32(37-27(22)29(23)39(3)38-28)35-24-14-12-21(17-25(24)43-5)30(40)33-15-16-42-4/h8-10,12,14,17-18H,6-7,11,13,15-16H2,1-5H3,(H,33,40)(H,36,41)(H,34,35,37). The first kappa shape index (κ1) is 29.7. The molecule has 0 radical (unpaired) electrons. The number of amides is 2. The van der Waals surface area contributed by atoms with Crippen LogP contribution < -0.4 is 20.7 Å². The minimum atomic E-state index is -0.223. The van der Waals surface area contributed by atoms with Gasteiger partial charge >= 0.3 is 0 Å². The molecule has 11 nitrogen and oxygen atoms in total. The van der Waals surface area contributed by atoms with E-state index >= 15 is 0 Å². The van der Waals surface area contributed by atoms with Crippen LogP contribution in [0.25, 0.3) is 11.4 Å². The first-order valence-corrected chi connectivity index (χ1v) is 14.4. The minimum absolute atomic E-state index is 0.223. The highest BCUT2D eigenvalue weighted by atomic mass is 16.5. The van der Waals surface area contributed by atoms with E-state index in [1.54, 1.807) is 36.2 Å². The summed E-state index contributed by atoms with van der Waals surface area (Å²) in [7, 11) is 4.95. The van der Waals surface area contributed by atoms with Gasteiger partial charge in [0.2, 0.25) is 5.95 Å². The SMILES string of the molecule is CCc1cccc(CC)c1NC(=O)c1nn(C)c2c1CCc1cnc(Nc3ccc(C(=O)NCCOC)cc3OC)nc1-2. The van der Waals surface area contributed by atoms with Crippen molar-refractivity contribution in [2.24, 2.45) is 7.05 Å². The molecule has 0 aliphatic heterocycles. The predicted octanol–water partition coefficient (Wildman–Crippen LogP) is 4.48. The maximum atomic E-state index is 13.6. The van der Waals surface area contributed by atoms with Crippen molar-refractivity contribution in [1.82, 2.24) is 25.1 Å². The molecule has 0 atom stereocenters. The van der Waals surface area contributed by atoms with Gasteiger partial charge in [0.15, 0.2) is 5.69 Å². The average molecular weight is 584 g/mol. The number of nitrogens with zero attached hydrogens (tertiary/aromatic N) is 4. The maximum absolute atomic E-state index is 13.6. The number of aryl methyl sites for hydroxylation is 4. The largest absolute Gasteiger partial charge is 0.495 e. The van der Waals surface area contributed by atoms with E-state index in [1.165, 1.54) is 7.11 Å². The Morgan fingerprint density at radius 3 is 2.49 bits per heavy atom. The number of carbonyl (C=O) groups excluding carboxylic acids is 2. The van der Waals surface area contributed by atoms with Gasteiger partial charge in [0.1, 0.15) is 5.75 Å². The van der Waals surface area contributed by atoms with E-state index in [2.05, 4.69) is 39.9 Å². The number of hydrogen-bond donors (Lipinski definition) is 3. The third-order valence-corrected chi connectivity index (χ3v) is 7.63. The number of benzene rings is 2. The van der Waals surface area contributed by atoms with Gasteiger partial charge < -0.3 is 25.4 Å². The molecule has 5 rings (SSSR count). The molecule has 0 fully saturated rings. The van der Waals surface area contributed by atoms with Crippen LogP contribution in [0.2, 0.25) is 0 Å². The lowest BCUT2D eigenvalue weighted by atomic mass is 9.93. The Morgan fingerprint density at radius 1 is 1.02 bits per heavy atom. The predicted molar refractivity (Wildman–Crippen MR) is 165 cm³/mol. The van der Waals surface area contributed by atoms with Crippen LogP contribution in [0, 0.1) is 0 Å². The Balaban J connectivity index is 1.41. The summed E-state index contributed by atoms with van der Waals surface area (Å²) >= 11 is 0. The van der Waals surface area contributed by atoms with Crippen LogP contribution in [0.4, 0.5) is 17.3 Å². The van der Waals surface area contributed by atoms with Crippen LogP contribution in [-0.4, -0.2) is 58.9 Å². The molecule has 2 aromatic heterocycles. The van der Waals surface area contributed by atoms with Gasteiger partial charge in [-0.25, -0.2) is 9.97 Å². The summed E-state index contributed by atoms with van der Waals surface area (Å²) in [6.07, 6.45) is 4.79. The second-order valence-corrected chi connectivity index (χ2v) is 10.3. The van der Waals surface area contributed by atoms with Crippen LogP contribution in [0.15, 0.2) is 42.6 Å². The monoisotopic (exact) mass is 583 g/mol. The molecule has 0 spiro atoms. The number of ether oxygens (including phenoxy) is 2. The van der Waals surface area contributed by atoms with Crippen molar-refractivity contribution in [2.75, 3.05) is 38.0 Å². The molecule has 0 bridgehead atoms. The third-order valence-electron chi connectivity index (χ3n) is 7.63. The Morgan fingerprint density at radius 2 is 1.79 bits per heavy atom. The van der Waals surface area contributed by atoms with Crippen LogP contribution in [0.3, 0.4) is 0 Å². The summed E-state index contributed by atoms with van der Waals surface area (Å²) < 4.78 is 12.3. The van der Waals surface area contributed by atoms with Crippen molar-refractivity contribution < 1.29 is 19.1 Å². The number of anilines is 3. The molecule has 4 aromatic rings. The number of para-hydroxylation sites is 1. The fourth-order valence-corrected chi connectivity index (χ4v) is 5.40. The second-order valence-electron chi connectivity index (χ2n) is 10.3. The summed E-state index contributed by atoms with van der Waals surface area (Å²) in [6, 6.07) is 11.2. The molecular formula is C32H37N7O4. The molecule has 0 saturated carbocycles. The van der Waals surface area contributed by atoms with Crippen LogP contribution in [0.1, 0.15) is 56.9 Å². The van der Waals surface area contributed by atoms with Crippen molar-refractivity contribution in [3.63, 3.8) is 0 Å². The van der Waals surface area contributed by atoms with E-state index < -0.39 is 0 Å². The molecule has 3 N–H and O–H groups in total. The van der Waals surface area contributed by atoms with Crippen molar-refractivity contribution in [2.45, 2.75) is 39.5 Å². The van der Waals surface area contributed by atoms with E-state index in [9.17, 15) is 9.59 Å². The number of methoxy groups -OCH3 is 2. The van der Waals surface area contributed by atoms with Gasteiger partial charge in [-0.2, -0.15) is 5.10 Å². The van der Waals surface area contributed by atoms with Crippen molar-refractivity contribution in [3.05, 3.63) is 76.1 Å². The summed E-state index contributed by atoms with van der Waals surface area (Å²) in [5.74, 6) is 0.387. The molecule has 43 heavy (non-hydrogen) atoms. The Bertz CT molecular complexity index is 1640. The highest BCUT2D eigenvalue weighted by molar-refractivity contribution is 6.06. The first-order chi connectivity index (χ1) is 20.9. The van der Waals surface area contributed by atoms with E-state index in [-0.39, 0.29) is 11.8 Å². The molecule has 2 heterocycles. The molecule has 1 aliphatic rings. The van der Waals surface area contributed by atoms with Gasteiger partial charge in [0.05, 0.1) is 30.8 Å². The first-order valence-electron chi connectivity index (χ1n) is 14.4. The fourth-order valence-electron chi connectivity index (χ4n) is 5.40. The lowest BCUT2D eigenvalue weighted by Crippen LogP contribution is -2.26. The van der Waals surface area contributed by atoms with Crippen LogP contribution in [0.5, 0.6) is 5.75 Å². The Kier molecular flexibility index (Phi) is 9.01. The highest BCUT2D eigenvalue weighted by Gasteiger charge is 2.29. The molecule has 2 amide bonds. The zero-order chi connectivity index (χ0) is 30.5. The summed E-state index contributed by atoms with van der Waals surface area (Å²) in [6.45, 7) is 5.00. The molecule has 0 saturated heterocycles. The Hall–Kier alpha value is -4.77. The average Bonchev–Trinajstić information content (AvgIpc) is 3.38. The number of aromatic nitrogens is 4. The van der Waals surface area contributed by atoms with Gasteiger partial charge in [-0.1, -0.05) is 32.0 Å². The highest BCUT2D eigenvalue weighted by Crippen LogP contribution is 2.36. The molecule has 11 heteroatoms. The number of fused-ring (bicyclic) bond motifs is 3. The van der Waals surface area contributed by atoms with E-state index in [0.29, 0.717) is 54.6 Å². The fraction of sp³-hybridized carbons (Fsp3) is 0.344. The van der Waals surface area contributed by atoms with Gasteiger partial charge in [-0.15, -0.1) is 0 Å². The smallest absolute Gasteiger partial charge is 0.276 e. The topological polar surface area (TPSA) is 132 Å². The van der Waals surface area contributed by atoms with Gasteiger partial charge in [0.25, 0.3) is 11.8 Å². The molecule has 1 aliphatic carbocycles. The van der Waals surface area contributed by atoms with E-state index in [4.69, 9.17) is 14.5 Å². The summed E-state index contributed by atoms with van der Waals surface area (Å²) in [5.41, 5.74) is 7.91. The Labute approximate surface area is 251 Å². The van der Waals surface area contributed by atoms with Gasteiger partial charge in [-0.05, 0) is 60.6 Å². The summed E-state index contributed by atoms with van der Waals surface area (Å²) in [5, 5.41) is 13.8. The quantitative estimate of drug-likeness (QED) is 0.220. The lowest BCUT2D eigenvalue weighted by molar-refractivity contribution is 0.0936. The van der Waals surface area contributed by atoms with Crippen molar-refractivity contribution in [3.8, 4) is 17.1 Å². The molecule has 0 unspecified atom stereocenters. The maximum Gasteiger partial charge on any atom is 0.276 e. The second kappa shape index (κ2) is 13.0. The molecular weight excluding hydrogens is 546 g/mol. The molecule has 2 aromatic carbocycles. The molecule has 224 valence electrons. The summed E-state index contributed by atoms with van der Waals surface area (Å²) in [4.78, 5) is 35.4. The number of hydrogen-bond acceptors (Lipinski definition) is 8. The lowest BCUT2D eigenvalue weighted by Gasteiger charge is -2.18. The zero-order valence-corrected chi connectivity index (χ0v) is 25.2. The number of carbonyl (C=O) groups is 2. The van der Waals surface area contributed by atoms with Crippen molar-refractivity contribution >= 4 is 29.1 Å². The minimum Gasteiger partial charge on any atom is -0.495 e. The number of rotatable bonds is 11. The third kappa shape index (κ3) is 6.07. The normalized spacial score (nSPS) is 11.8. The van der Waals surface area contributed by atoms with Crippen molar-refractivity contribution in [1.29, 1.82) is 0 Å². The van der Waals surface area contributed by atoms with Gasteiger partial charge in [0, 0.05) is 43.7 Å². The van der Waals surface area contributed by atoms with E-state index in [0.717, 1.165) is 52.2 Å². The van der Waals surface area contributed by atoms with E-state index in [1.807, 2.05) is 25.2 Å². The van der Waals surface area contributed by atoms with Gasteiger partial charge in [-0.3, -0.25) is 14.3 Å².